The zero-order valence-electron chi connectivity index (χ0n) is 8.21. The van der Waals surface area contributed by atoms with Gasteiger partial charge in [-0.1, -0.05) is 0 Å². The number of hydrogen-bond donors (Lipinski definition) is 2. The van der Waals surface area contributed by atoms with Crippen LogP contribution in [-0.2, 0) is 7.05 Å². The number of aromatic carboxylic acids is 2. The van der Waals surface area contributed by atoms with Crippen LogP contribution in [0.3, 0.4) is 0 Å². The van der Waals surface area contributed by atoms with Gasteiger partial charge in [0, 0.05) is 7.05 Å². The number of carbonyl (C=O) groups is 2. The Hall–Kier alpha value is -2.44. The van der Waals surface area contributed by atoms with E-state index in [4.69, 9.17) is 10.2 Å². The summed E-state index contributed by atoms with van der Waals surface area (Å²) in [6, 6.07) is 1.24. The van der Waals surface area contributed by atoms with Crippen LogP contribution < -0.4 is 0 Å². The summed E-state index contributed by atoms with van der Waals surface area (Å²) in [5.41, 5.74) is -0.0386. The quantitative estimate of drug-likeness (QED) is 0.758. The molecule has 0 saturated heterocycles. The van der Waals surface area contributed by atoms with Crippen molar-refractivity contribution in [3.63, 3.8) is 0 Å². The molecule has 0 saturated carbocycles. The van der Waals surface area contributed by atoms with Crippen LogP contribution in [0.25, 0.3) is 11.0 Å². The number of nitrogens with zero attached hydrogens (tertiary/aromatic N) is 3. The standard InChI is InChI=1S/C9H7N3O4/c1-12-3-10-4-2-5(8(13)14)11-6(7(4)12)9(15)16/h2-3H,1H3,(H,13,14)(H,15,16). The van der Waals surface area contributed by atoms with E-state index in [1.807, 2.05) is 0 Å². The van der Waals surface area contributed by atoms with Crippen molar-refractivity contribution in [2.24, 2.45) is 7.05 Å². The number of pyridine rings is 1. The highest BCUT2D eigenvalue weighted by Crippen LogP contribution is 2.17. The van der Waals surface area contributed by atoms with Gasteiger partial charge in [0.1, 0.15) is 5.52 Å². The fourth-order valence-corrected chi connectivity index (χ4v) is 1.44. The number of rotatable bonds is 2. The lowest BCUT2D eigenvalue weighted by Gasteiger charge is -2.01. The third-order valence-electron chi connectivity index (χ3n) is 2.12. The number of aryl methyl sites for hydroxylation is 1. The van der Waals surface area contributed by atoms with Crippen molar-refractivity contribution < 1.29 is 19.8 Å². The Morgan fingerprint density at radius 1 is 1.31 bits per heavy atom. The molecule has 2 heterocycles. The van der Waals surface area contributed by atoms with Crippen LogP contribution in [0.5, 0.6) is 0 Å². The van der Waals surface area contributed by atoms with Crippen LogP contribution in [0.1, 0.15) is 21.0 Å². The maximum absolute atomic E-state index is 10.9. The molecule has 0 bridgehead atoms. The molecule has 0 aromatic carbocycles. The Balaban J connectivity index is 2.86. The van der Waals surface area contributed by atoms with Crippen LogP contribution in [0.2, 0.25) is 0 Å². The molecule has 0 aliphatic carbocycles. The fourth-order valence-electron chi connectivity index (χ4n) is 1.44. The molecule has 2 N–H and O–H groups in total. The van der Waals surface area contributed by atoms with E-state index in [0.29, 0.717) is 11.0 Å². The largest absolute Gasteiger partial charge is 0.477 e. The van der Waals surface area contributed by atoms with Gasteiger partial charge in [0.2, 0.25) is 0 Å². The molecule has 2 rings (SSSR count). The second kappa shape index (κ2) is 3.30. The lowest BCUT2D eigenvalue weighted by atomic mass is 10.2. The van der Waals surface area contributed by atoms with Gasteiger partial charge in [-0.15, -0.1) is 0 Å². The molecule has 0 fully saturated rings. The van der Waals surface area contributed by atoms with E-state index in [-0.39, 0.29) is 11.4 Å². The summed E-state index contributed by atoms with van der Waals surface area (Å²) in [7, 11) is 1.61. The zero-order chi connectivity index (χ0) is 11.9. The summed E-state index contributed by atoms with van der Waals surface area (Å²) < 4.78 is 1.48. The number of aromatic nitrogens is 3. The van der Waals surface area contributed by atoms with Crippen molar-refractivity contribution in [1.82, 2.24) is 14.5 Å². The monoisotopic (exact) mass is 221 g/mol. The van der Waals surface area contributed by atoms with Gasteiger partial charge in [0.25, 0.3) is 0 Å². The lowest BCUT2D eigenvalue weighted by molar-refractivity contribution is 0.0686. The molecule has 0 unspecified atom stereocenters. The predicted molar refractivity (Wildman–Crippen MR) is 52.4 cm³/mol. The maximum atomic E-state index is 10.9. The molecule has 0 spiro atoms. The summed E-state index contributed by atoms with van der Waals surface area (Å²) in [6.45, 7) is 0. The Kier molecular flexibility index (Phi) is 2.08. The molecule has 7 heteroatoms. The van der Waals surface area contributed by atoms with Gasteiger partial charge in [-0.3, -0.25) is 0 Å². The minimum Gasteiger partial charge on any atom is -0.477 e. The van der Waals surface area contributed by atoms with Crippen molar-refractivity contribution in [3.8, 4) is 0 Å². The second-order valence-electron chi connectivity index (χ2n) is 3.19. The predicted octanol–water partition coefficient (Wildman–Crippen LogP) is 0.365. The van der Waals surface area contributed by atoms with E-state index in [2.05, 4.69) is 9.97 Å². The molecule has 16 heavy (non-hydrogen) atoms. The van der Waals surface area contributed by atoms with Gasteiger partial charge < -0.3 is 14.8 Å². The lowest BCUT2D eigenvalue weighted by Crippen LogP contribution is -2.09. The average Bonchev–Trinajstić information content (AvgIpc) is 2.59. The van der Waals surface area contributed by atoms with Crippen LogP contribution >= 0.6 is 0 Å². The number of carboxylic acid groups (broad SMARTS) is 2. The number of fused-ring (bicyclic) bond motifs is 1. The van der Waals surface area contributed by atoms with E-state index in [1.54, 1.807) is 7.05 Å². The SMILES string of the molecule is Cn1cnc2cc(C(=O)O)nc(C(=O)O)c21. The summed E-state index contributed by atoms with van der Waals surface area (Å²) in [5, 5.41) is 17.7. The summed E-state index contributed by atoms with van der Waals surface area (Å²) in [6.07, 6.45) is 1.41. The Labute approximate surface area is 89.0 Å². The van der Waals surface area contributed by atoms with Gasteiger partial charge in [0.15, 0.2) is 11.4 Å². The first kappa shape index (κ1) is 10.1. The van der Waals surface area contributed by atoms with Crippen LogP contribution in [0.4, 0.5) is 0 Å². The van der Waals surface area contributed by atoms with Gasteiger partial charge in [-0.2, -0.15) is 0 Å². The van der Waals surface area contributed by atoms with Gasteiger partial charge in [0.05, 0.1) is 11.8 Å². The van der Waals surface area contributed by atoms with Gasteiger partial charge >= 0.3 is 11.9 Å². The highest BCUT2D eigenvalue weighted by molar-refractivity contribution is 6.01. The van der Waals surface area contributed by atoms with E-state index >= 15 is 0 Å². The highest BCUT2D eigenvalue weighted by atomic mass is 16.4. The van der Waals surface area contributed by atoms with Gasteiger partial charge in [-0.25, -0.2) is 19.6 Å². The number of carboxylic acids is 2. The molecule has 0 amide bonds. The molecule has 2 aromatic rings. The second-order valence-corrected chi connectivity index (χ2v) is 3.19. The smallest absolute Gasteiger partial charge is 0.356 e. The Morgan fingerprint density at radius 2 is 2.00 bits per heavy atom. The Morgan fingerprint density at radius 3 is 2.56 bits per heavy atom. The first-order valence-electron chi connectivity index (χ1n) is 4.29. The Bertz CT molecular complexity index is 602. The molecular formula is C9H7N3O4. The molecule has 82 valence electrons. The van der Waals surface area contributed by atoms with Crippen LogP contribution in [0, 0.1) is 0 Å². The summed E-state index contributed by atoms with van der Waals surface area (Å²) in [5.74, 6) is -2.56. The van der Waals surface area contributed by atoms with Crippen molar-refractivity contribution in [2.45, 2.75) is 0 Å². The van der Waals surface area contributed by atoms with Gasteiger partial charge in [-0.05, 0) is 6.07 Å². The van der Waals surface area contributed by atoms with Crippen molar-refractivity contribution >= 4 is 23.0 Å². The van der Waals surface area contributed by atoms with Crippen LogP contribution in [0.15, 0.2) is 12.4 Å². The first-order chi connectivity index (χ1) is 7.50. The maximum Gasteiger partial charge on any atom is 0.356 e. The summed E-state index contributed by atoms with van der Waals surface area (Å²) in [4.78, 5) is 29.2. The number of imidazole rings is 1. The topological polar surface area (TPSA) is 105 Å². The minimum atomic E-state index is -1.28. The average molecular weight is 221 g/mol. The normalized spacial score (nSPS) is 10.6. The molecule has 0 aliphatic heterocycles. The van der Waals surface area contributed by atoms with E-state index < -0.39 is 11.9 Å². The molecule has 0 aliphatic rings. The van der Waals surface area contributed by atoms with Crippen LogP contribution in [-0.4, -0.2) is 36.7 Å². The highest BCUT2D eigenvalue weighted by Gasteiger charge is 2.18. The molecule has 2 aromatic heterocycles. The third-order valence-corrected chi connectivity index (χ3v) is 2.12. The zero-order valence-corrected chi connectivity index (χ0v) is 8.21. The molecular weight excluding hydrogens is 214 g/mol. The molecule has 0 atom stereocenters. The van der Waals surface area contributed by atoms with E-state index in [1.165, 1.54) is 17.0 Å². The van der Waals surface area contributed by atoms with Crippen molar-refractivity contribution in [2.75, 3.05) is 0 Å². The van der Waals surface area contributed by atoms with Crippen molar-refractivity contribution in [1.29, 1.82) is 0 Å². The minimum absolute atomic E-state index is 0.298. The van der Waals surface area contributed by atoms with E-state index in [9.17, 15) is 9.59 Å². The fraction of sp³-hybridized carbons (Fsp3) is 0.111. The first-order valence-corrected chi connectivity index (χ1v) is 4.29. The van der Waals surface area contributed by atoms with E-state index in [0.717, 1.165) is 0 Å². The molecule has 0 radical (unpaired) electrons. The number of hydrogen-bond acceptors (Lipinski definition) is 4. The summed E-state index contributed by atoms with van der Waals surface area (Å²) >= 11 is 0. The van der Waals surface area contributed by atoms with Crippen molar-refractivity contribution in [3.05, 3.63) is 23.8 Å². The third kappa shape index (κ3) is 1.38. The molecule has 7 nitrogen and oxygen atoms in total.